The average Bonchev–Trinajstić information content (AvgIpc) is 2.29. The lowest BCUT2D eigenvalue weighted by atomic mass is 10.0. The summed E-state index contributed by atoms with van der Waals surface area (Å²) in [6, 6.07) is 7.13. The Morgan fingerprint density at radius 3 is 2.53 bits per heavy atom. The molecule has 4 nitrogen and oxygen atoms in total. The van der Waals surface area contributed by atoms with Crippen molar-refractivity contribution in [2.24, 2.45) is 5.73 Å². The molecule has 82 valence electrons. The molecule has 1 aromatic carbocycles. The Labute approximate surface area is 89.4 Å². The number of benzene rings is 1. The molecular weight excluding hydrogens is 192 g/mol. The van der Waals surface area contributed by atoms with Crippen LogP contribution in [-0.2, 0) is 4.79 Å². The van der Waals surface area contributed by atoms with Gasteiger partial charge in [-0.05, 0) is 17.7 Å². The minimum Gasteiger partial charge on any atom is -0.497 e. The normalized spacial score (nSPS) is 11.9. The van der Waals surface area contributed by atoms with Gasteiger partial charge in [-0.3, -0.25) is 4.79 Å². The van der Waals surface area contributed by atoms with Crippen LogP contribution in [0, 0.1) is 0 Å². The van der Waals surface area contributed by atoms with Gasteiger partial charge in [-0.25, -0.2) is 0 Å². The summed E-state index contributed by atoms with van der Waals surface area (Å²) in [5.41, 5.74) is 6.79. The number of carbonyl (C=O) groups excluding carboxylic acids is 1. The first kappa shape index (κ1) is 11.5. The highest BCUT2D eigenvalue weighted by atomic mass is 16.5. The maximum atomic E-state index is 11.1. The Bertz CT molecular complexity index is 322. The molecule has 0 fully saturated rings. The van der Waals surface area contributed by atoms with E-state index in [-0.39, 0.29) is 11.9 Å². The van der Waals surface area contributed by atoms with Crippen molar-refractivity contribution >= 4 is 5.91 Å². The van der Waals surface area contributed by atoms with Gasteiger partial charge in [-0.15, -0.1) is 0 Å². The molecule has 0 heterocycles. The maximum Gasteiger partial charge on any atom is 0.221 e. The molecule has 1 unspecified atom stereocenters. The number of methoxy groups -OCH3 is 1. The van der Waals surface area contributed by atoms with E-state index in [4.69, 9.17) is 10.5 Å². The summed E-state index contributed by atoms with van der Waals surface area (Å²) in [6.45, 7) is 0. The maximum absolute atomic E-state index is 11.1. The zero-order chi connectivity index (χ0) is 11.3. The molecule has 3 N–H and O–H groups in total. The van der Waals surface area contributed by atoms with Gasteiger partial charge in [0.2, 0.25) is 5.91 Å². The van der Waals surface area contributed by atoms with Gasteiger partial charge >= 0.3 is 0 Å². The average molecular weight is 208 g/mol. The molecule has 1 atom stereocenters. The minimum atomic E-state index is -0.268. The standard InChI is InChI=1S/C11H16N2O2/c1-13-11(14)7-10(12)8-3-5-9(15-2)6-4-8/h3-6,10H,7,12H2,1-2H3,(H,13,14). The summed E-state index contributed by atoms with van der Waals surface area (Å²) < 4.78 is 5.03. The van der Waals surface area contributed by atoms with E-state index in [0.717, 1.165) is 11.3 Å². The second-order valence-electron chi connectivity index (χ2n) is 3.26. The van der Waals surface area contributed by atoms with E-state index in [2.05, 4.69) is 5.32 Å². The SMILES string of the molecule is CNC(=O)CC(N)c1ccc(OC)cc1. The van der Waals surface area contributed by atoms with Gasteiger partial charge in [0.15, 0.2) is 0 Å². The first-order chi connectivity index (χ1) is 7.17. The molecule has 0 aromatic heterocycles. The van der Waals surface area contributed by atoms with Crippen molar-refractivity contribution in [1.82, 2.24) is 5.32 Å². The monoisotopic (exact) mass is 208 g/mol. The van der Waals surface area contributed by atoms with E-state index >= 15 is 0 Å². The number of amides is 1. The predicted molar refractivity (Wildman–Crippen MR) is 58.6 cm³/mol. The molecule has 0 saturated carbocycles. The van der Waals surface area contributed by atoms with Crippen LogP contribution < -0.4 is 15.8 Å². The summed E-state index contributed by atoms with van der Waals surface area (Å²) in [7, 11) is 3.21. The molecule has 1 rings (SSSR count). The number of carbonyl (C=O) groups is 1. The highest BCUT2D eigenvalue weighted by molar-refractivity contribution is 5.76. The van der Waals surface area contributed by atoms with Crippen molar-refractivity contribution in [3.8, 4) is 5.75 Å². The first-order valence-electron chi connectivity index (χ1n) is 4.77. The van der Waals surface area contributed by atoms with Gasteiger partial charge in [-0.1, -0.05) is 12.1 Å². The van der Waals surface area contributed by atoms with E-state index in [1.165, 1.54) is 0 Å². The third-order valence-corrected chi connectivity index (χ3v) is 2.23. The van der Waals surface area contributed by atoms with Crippen LogP contribution in [0.25, 0.3) is 0 Å². The Morgan fingerprint density at radius 1 is 1.47 bits per heavy atom. The molecule has 0 bridgehead atoms. The number of ether oxygens (including phenoxy) is 1. The Hall–Kier alpha value is -1.55. The summed E-state index contributed by atoms with van der Waals surface area (Å²) in [5.74, 6) is 0.726. The van der Waals surface area contributed by atoms with Crippen LogP contribution in [0.3, 0.4) is 0 Å². The first-order valence-corrected chi connectivity index (χ1v) is 4.77. The van der Waals surface area contributed by atoms with Gasteiger partial charge < -0.3 is 15.8 Å². The van der Waals surface area contributed by atoms with Crippen LogP contribution in [0.15, 0.2) is 24.3 Å². The lowest BCUT2D eigenvalue weighted by Gasteiger charge is -2.11. The van der Waals surface area contributed by atoms with Crippen LogP contribution in [0.2, 0.25) is 0 Å². The smallest absolute Gasteiger partial charge is 0.221 e. The fourth-order valence-corrected chi connectivity index (χ4v) is 1.27. The Kier molecular flexibility index (Phi) is 4.12. The molecule has 1 aromatic rings. The van der Waals surface area contributed by atoms with Crippen LogP contribution in [0.5, 0.6) is 5.75 Å². The highest BCUT2D eigenvalue weighted by Crippen LogP contribution is 2.17. The van der Waals surface area contributed by atoms with E-state index < -0.39 is 0 Å². The topological polar surface area (TPSA) is 64.4 Å². The van der Waals surface area contributed by atoms with Crippen molar-refractivity contribution < 1.29 is 9.53 Å². The van der Waals surface area contributed by atoms with Gasteiger partial charge in [0.05, 0.1) is 7.11 Å². The number of hydrogen-bond donors (Lipinski definition) is 2. The van der Waals surface area contributed by atoms with Crippen molar-refractivity contribution in [3.05, 3.63) is 29.8 Å². The van der Waals surface area contributed by atoms with Gasteiger partial charge in [0.25, 0.3) is 0 Å². The minimum absolute atomic E-state index is 0.0571. The van der Waals surface area contributed by atoms with Crippen LogP contribution in [0.4, 0.5) is 0 Å². The van der Waals surface area contributed by atoms with Crippen molar-refractivity contribution in [1.29, 1.82) is 0 Å². The molecule has 0 saturated heterocycles. The predicted octanol–water partition coefficient (Wildman–Crippen LogP) is 0.831. The number of nitrogens with one attached hydrogen (secondary N) is 1. The third kappa shape index (κ3) is 3.25. The Morgan fingerprint density at radius 2 is 2.07 bits per heavy atom. The van der Waals surface area contributed by atoms with E-state index in [1.807, 2.05) is 24.3 Å². The lowest BCUT2D eigenvalue weighted by molar-refractivity contribution is -0.120. The van der Waals surface area contributed by atoms with Crippen LogP contribution in [0.1, 0.15) is 18.0 Å². The van der Waals surface area contributed by atoms with E-state index in [0.29, 0.717) is 6.42 Å². The largest absolute Gasteiger partial charge is 0.497 e. The molecule has 0 spiro atoms. The fraction of sp³-hybridized carbons (Fsp3) is 0.364. The van der Waals surface area contributed by atoms with Crippen molar-refractivity contribution in [2.75, 3.05) is 14.2 Å². The molecule has 1 amide bonds. The zero-order valence-electron chi connectivity index (χ0n) is 8.99. The number of hydrogen-bond acceptors (Lipinski definition) is 3. The van der Waals surface area contributed by atoms with Crippen LogP contribution >= 0.6 is 0 Å². The highest BCUT2D eigenvalue weighted by Gasteiger charge is 2.10. The van der Waals surface area contributed by atoms with E-state index in [9.17, 15) is 4.79 Å². The summed E-state index contributed by atoms with van der Waals surface area (Å²) in [5, 5.41) is 2.54. The second-order valence-corrected chi connectivity index (χ2v) is 3.26. The quantitative estimate of drug-likeness (QED) is 0.770. The molecule has 0 aliphatic carbocycles. The van der Waals surface area contributed by atoms with Crippen molar-refractivity contribution in [3.63, 3.8) is 0 Å². The number of nitrogens with two attached hydrogens (primary N) is 1. The molecule has 0 aliphatic heterocycles. The molecule has 15 heavy (non-hydrogen) atoms. The fourth-order valence-electron chi connectivity index (χ4n) is 1.27. The van der Waals surface area contributed by atoms with Crippen LogP contribution in [-0.4, -0.2) is 20.1 Å². The second kappa shape index (κ2) is 5.36. The molecule has 0 radical (unpaired) electrons. The van der Waals surface area contributed by atoms with Gasteiger partial charge in [0.1, 0.15) is 5.75 Å². The summed E-state index contributed by atoms with van der Waals surface area (Å²) in [4.78, 5) is 11.1. The third-order valence-electron chi connectivity index (χ3n) is 2.23. The molecule has 0 aliphatic rings. The van der Waals surface area contributed by atoms with E-state index in [1.54, 1.807) is 14.2 Å². The number of rotatable bonds is 4. The zero-order valence-corrected chi connectivity index (χ0v) is 8.99. The Balaban J connectivity index is 2.65. The van der Waals surface area contributed by atoms with Crippen molar-refractivity contribution in [2.45, 2.75) is 12.5 Å². The van der Waals surface area contributed by atoms with Gasteiger partial charge in [-0.2, -0.15) is 0 Å². The molecule has 4 heteroatoms. The summed E-state index contributed by atoms with van der Waals surface area (Å²) in [6.07, 6.45) is 0.294. The molecular formula is C11H16N2O2. The summed E-state index contributed by atoms with van der Waals surface area (Å²) >= 11 is 0. The van der Waals surface area contributed by atoms with Gasteiger partial charge in [0, 0.05) is 19.5 Å². The lowest BCUT2D eigenvalue weighted by Crippen LogP contribution is -2.24.